The summed E-state index contributed by atoms with van der Waals surface area (Å²) in [5.41, 5.74) is 0. The van der Waals surface area contributed by atoms with Gasteiger partial charge in [0.2, 0.25) is 0 Å². The van der Waals surface area contributed by atoms with E-state index < -0.39 is 6.10 Å². The lowest BCUT2D eigenvalue weighted by molar-refractivity contribution is 0.223. The minimum atomic E-state index is -0.453. The van der Waals surface area contributed by atoms with Crippen molar-refractivity contribution in [1.82, 2.24) is 0 Å². The molecule has 0 bridgehead atoms. The SMILES string of the molecule is OC(CCl)CSc1cccc(Cl)c1. The largest absolute Gasteiger partial charge is 0.391 e. The number of aliphatic hydroxyl groups excluding tert-OH is 1. The average Bonchev–Trinajstić information content (AvgIpc) is 2.14. The van der Waals surface area contributed by atoms with Crippen molar-refractivity contribution in [3.63, 3.8) is 0 Å². The van der Waals surface area contributed by atoms with E-state index in [2.05, 4.69) is 0 Å². The summed E-state index contributed by atoms with van der Waals surface area (Å²) in [6.07, 6.45) is -0.453. The molecular weight excluding hydrogens is 227 g/mol. The third-order valence-corrected chi connectivity index (χ3v) is 3.15. The maximum atomic E-state index is 9.20. The smallest absolute Gasteiger partial charge is 0.0769 e. The second-order valence-electron chi connectivity index (χ2n) is 2.58. The first-order valence-corrected chi connectivity index (χ1v) is 5.74. The highest BCUT2D eigenvalue weighted by Gasteiger charge is 2.02. The highest BCUT2D eigenvalue weighted by molar-refractivity contribution is 7.99. The van der Waals surface area contributed by atoms with E-state index in [1.807, 2.05) is 24.3 Å². The zero-order valence-electron chi connectivity index (χ0n) is 6.91. The Hall–Kier alpha value is 0.110. The van der Waals surface area contributed by atoms with Crippen LogP contribution < -0.4 is 0 Å². The van der Waals surface area contributed by atoms with Gasteiger partial charge in [-0.05, 0) is 18.2 Å². The number of hydrogen-bond donors (Lipinski definition) is 1. The molecule has 0 radical (unpaired) electrons. The lowest BCUT2D eigenvalue weighted by Gasteiger charge is -2.05. The molecule has 1 N–H and O–H groups in total. The van der Waals surface area contributed by atoms with Gasteiger partial charge in [-0.2, -0.15) is 0 Å². The second-order valence-corrected chi connectivity index (χ2v) is 4.41. The predicted molar refractivity (Wildman–Crippen MR) is 58.9 cm³/mol. The Labute approximate surface area is 92.1 Å². The molecule has 0 fully saturated rings. The van der Waals surface area contributed by atoms with Crippen molar-refractivity contribution in [1.29, 1.82) is 0 Å². The maximum Gasteiger partial charge on any atom is 0.0769 e. The normalized spacial score (nSPS) is 12.8. The van der Waals surface area contributed by atoms with Gasteiger partial charge in [-0.3, -0.25) is 0 Å². The molecule has 0 saturated carbocycles. The fraction of sp³-hybridized carbons (Fsp3) is 0.333. The van der Waals surface area contributed by atoms with Gasteiger partial charge >= 0.3 is 0 Å². The van der Waals surface area contributed by atoms with Crippen LogP contribution in [0.2, 0.25) is 5.02 Å². The summed E-state index contributed by atoms with van der Waals surface area (Å²) in [6.45, 7) is 0. The molecule has 1 unspecified atom stereocenters. The summed E-state index contributed by atoms with van der Waals surface area (Å²) < 4.78 is 0. The highest BCUT2D eigenvalue weighted by atomic mass is 35.5. The molecule has 0 heterocycles. The summed E-state index contributed by atoms with van der Waals surface area (Å²) in [4.78, 5) is 1.05. The summed E-state index contributed by atoms with van der Waals surface area (Å²) in [7, 11) is 0. The van der Waals surface area contributed by atoms with Crippen LogP contribution in [0.1, 0.15) is 0 Å². The van der Waals surface area contributed by atoms with Crippen molar-refractivity contribution in [2.24, 2.45) is 0 Å². The Balaban J connectivity index is 2.45. The fourth-order valence-electron chi connectivity index (χ4n) is 0.794. The number of benzene rings is 1. The van der Waals surface area contributed by atoms with E-state index in [-0.39, 0.29) is 5.88 Å². The molecule has 0 aliphatic heterocycles. The van der Waals surface area contributed by atoms with Crippen LogP contribution in [-0.2, 0) is 0 Å². The van der Waals surface area contributed by atoms with Gasteiger partial charge in [0.15, 0.2) is 0 Å². The third kappa shape index (κ3) is 4.23. The molecule has 1 atom stereocenters. The van der Waals surface area contributed by atoms with E-state index in [0.29, 0.717) is 10.8 Å². The molecule has 1 aromatic rings. The minimum Gasteiger partial charge on any atom is -0.391 e. The predicted octanol–water partition coefficient (Wildman–Crippen LogP) is 3.03. The van der Waals surface area contributed by atoms with Crippen LogP contribution in [-0.4, -0.2) is 22.8 Å². The summed E-state index contributed by atoms with van der Waals surface area (Å²) in [5.74, 6) is 0.872. The molecule has 0 amide bonds. The first-order valence-electron chi connectivity index (χ1n) is 3.85. The van der Waals surface area contributed by atoms with Gasteiger partial charge in [-0.1, -0.05) is 17.7 Å². The van der Waals surface area contributed by atoms with E-state index in [1.54, 1.807) is 11.8 Å². The molecule has 0 spiro atoms. The molecule has 72 valence electrons. The zero-order valence-corrected chi connectivity index (χ0v) is 9.24. The Morgan fingerprint density at radius 3 is 2.85 bits per heavy atom. The molecule has 0 saturated heterocycles. The van der Waals surface area contributed by atoms with Gasteiger partial charge in [0, 0.05) is 21.6 Å². The van der Waals surface area contributed by atoms with Crippen LogP contribution in [0, 0.1) is 0 Å². The third-order valence-electron chi connectivity index (χ3n) is 1.42. The van der Waals surface area contributed by atoms with Crippen molar-refractivity contribution < 1.29 is 5.11 Å². The van der Waals surface area contributed by atoms with Crippen LogP contribution in [0.3, 0.4) is 0 Å². The molecule has 0 aromatic heterocycles. The molecule has 0 aliphatic rings. The van der Waals surface area contributed by atoms with Crippen LogP contribution in [0.4, 0.5) is 0 Å². The van der Waals surface area contributed by atoms with Gasteiger partial charge in [0.1, 0.15) is 0 Å². The molecule has 1 rings (SSSR count). The van der Waals surface area contributed by atoms with Crippen LogP contribution in [0.25, 0.3) is 0 Å². The summed E-state index contributed by atoms with van der Waals surface area (Å²) in [6, 6.07) is 7.53. The number of aliphatic hydroxyl groups is 1. The Kier molecular flexibility index (Phi) is 4.96. The Morgan fingerprint density at radius 1 is 1.46 bits per heavy atom. The average molecular weight is 237 g/mol. The molecule has 1 aromatic carbocycles. The molecule has 0 aliphatic carbocycles. The fourth-order valence-corrected chi connectivity index (χ4v) is 2.18. The monoisotopic (exact) mass is 236 g/mol. The lowest BCUT2D eigenvalue weighted by atomic mass is 10.4. The van der Waals surface area contributed by atoms with E-state index in [4.69, 9.17) is 23.2 Å². The Bertz CT molecular complexity index is 268. The first kappa shape index (κ1) is 11.2. The number of rotatable bonds is 4. The van der Waals surface area contributed by atoms with E-state index in [9.17, 15) is 5.11 Å². The van der Waals surface area contributed by atoms with E-state index in [0.717, 1.165) is 4.90 Å². The van der Waals surface area contributed by atoms with Gasteiger partial charge in [0.05, 0.1) is 6.10 Å². The van der Waals surface area contributed by atoms with Crippen molar-refractivity contribution in [2.75, 3.05) is 11.6 Å². The van der Waals surface area contributed by atoms with Crippen LogP contribution in [0.5, 0.6) is 0 Å². The summed E-state index contributed by atoms with van der Waals surface area (Å²) in [5, 5.41) is 9.92. The molecule has 13 heavy (non-hydrogen) atoms. The van der Waals surface area contributed by atoms with Gasteiger partial charge in [-0.25, -0.2) is 0 Å². The number of hydrogen-bond acceptors (Lipinski definition) is 2. The number of halogens is 2. The topological polar surface area (TPSA) is 20.2 Å². The summed E-state index contributed by atoms with van der Waals surface area (Å²) >= 11 is 12.8. The van der Waals surface area contributed by atoms with Crippen molar-refractivity contribution in [3.05, 3.63) is 29.3 Å². The maximum absolute atomic E-state index is 9.20. The highest BCUT2D eigenvalue weighted by Crippen LogP contribution is 2.22. The zero-order chi connectivity index (χ0) is 9.68. The van der Waals surface area contributed by atoms with Crippen LogP contribution in [0.15, 0.2) is 29.2 Å². The molecule has 1 nitrogen and oxygen atoms in total. The van der Waals surface area contributed by atoms with Crippen molar-refractivity contribution in [3.8, 4) is 0 Å². The van der Waals surface area contributed by atoms with E-state index >= 15 is 0 Å². The molecule has 4 heteroatoms. The lowest BCUT2D eigenvalue weighted by Crippen LogP contribution is -2.10. The van der Waals surface area contributed by atoms with Crippen molar-refractivity contribution in [2.45, 2.75) is 11.0 Å². The first-order chi connectivity index (χ1) is 6.22. The van der Waals surface area contributed by atoms with E-state index in [1.165, 1.54) is 0 Å². The number of thioether (sulfide) groups is 1. The Morgan fingerprint density at radius 2 is 2.23 bits per heavy atom. The van der Waals surface area contributed by atoms with Crippen LogP contribution >= 0.6 is 35.0 Å². The van der Waals surface area contributed by atoms with Gasteiger partial charge in [0.25, 0.3) is 0 Å². The van der Waals surface area contributed by atoms with Gasteiger partial charge < -0.3 is 5.11 Å². The molecular formula is C9H10Cl2OS. The second kappa shape index (κ2) is 5.76. The van der Waals surface area contributed by atoms with Crippen molar-refractivity contribution >= 4 is 35.0 Å². The van der Waals surface area contributed by atoms with Gasteiger partial charge in [-0.15, -0.1) is 23.4 Å². The quantitative estimate of drug-likeness (QED) is 0.641. The standard InChI is InChI=1S/C9H10Cl2OS/c10-5-8(12)6-13-9-3-1-2-7(11)4-9/h1-4,8,12H,5-6H2. The minimum absolute atomic E-state index is 0.271. The number of alkyl halides is 1.